The van der Waals surface area contributed by atoms with Gasteiger partial charge in [-0.1, -0.05) is 19.1 Å². The van der Waals surface area contributed by atoms with Gasteiger partial charge < -0.3 is 9.88 Å². The van der Waals surface area contributed by atoms with Crippen molar-refractivity contribution in [3.63, 3.8) is 0 Å². The Kier molecular flexibility index (Phi) is 6.96. The fraction of sp³-hybridized carbons (Fsp3) is 0.429. The van der Waals surface area contributed by atoms with Crippen LogP contribution in [-0.4, -0.2) is 56.3 Å². The maximum Gasteiger partial charge on any atom is 0.416 e. The first-order valence-electron chi connectivity index (χ1n) is 13.1. The highest BCUT2D eigenvalue weighted by Gasteiger charge is 2.36. The number of pyridine rings is 1. The van der Waals surface area contributed by atoms with Gasteiger partial charge in [-0.15, -0.1) is 5.10 Å². The molecule has 1 saturated heterocycles. The molecule has 5 rings (SSSR count). The summed E-state index contributed by atoms with van der Waals surface area (Å²) in [6, 6.07) is 12.8. The van der Waals surface area contributed by atoms with Gasteiger partial charge in [0.1, 0.15) is 6.04 Å². The standard InChI is InChI=1S/C28H32F3N7O/c1-5-18-9-10-23-19(15-18)16-22(26(39)32-23)24(25-33-34-35-38(25)27(2,3)4)37-13-11-36(12-14-37)21-8-6-7-20(17-21)28(29,30)31/h6-10,15-17,24H,5,11-14H2,1-4H3,(H,32,39). The fourth-order valence-electron chi connectivity index (χ4n) is 5.15. The van der Waals surface area contributed by atoms with Crippen molar-refractivity contribution in [3.8, 4) is 0 Å². The smallest absolute Gasteiger partial charge is 0.369 e. The van der Waals surface area contributed by atoms with Gasteiger partial charge in [0.15, 0.2) is 5.82 Å². The number of hydrogen-bond donors (Lipinski definition) is 1. The molecule has 1 N–H and O–H groups in total. The molecular formula is C28H32F3N7O. The molecule has 3 heterocycles. The minimum atomic E-state index is -4.40. The summed E-state index contributed by atoms with van der Waals surface area (Å²) in [4.78, 5) is 20.6. The predicted octanol–water partition coefficient (Wildman–Crippen LogP) is 4.76. The minimum Gasteiger partial charge on any atom is -0.369 e. The Labute approximate surface area is 224 Å². The van der Waals surface area contributed by atoms with Gasteiger partial charge in [0.2, 0.25) is 0 Å². The molecule has 0 radical (unpaired) electrons. The van der Waals surface area contributed by atoms with Crippen molar-refractivity contribution >= 4 is 16.6 Å². The lowest BCUT2D eigenvalue weighted by Crippen LogP contribution is -2.49. The SMILES string of the molecule is CCc1ccc2[nH]c(=O)c(C(c3nnnn3C(C)(C)C)N3CCN(c4cccc(C(F)(F)F)c4)CC3)cc2c1. The number of aromatic nitrogens is 5. The summed E-state index contributed by atoms with van der Waals surface area (Å²) in [6.07, 6.45) is -3.53. The van der Waals surface area contributed by atoms with Gasteiger partial charge in [0, 0.05) is 42.9 Å². The first kappa shape index (κ1) is 26.9. The van der Waals surface area contributed by atoms with Crippen molar-refractivity contribution in [3.05, 3.63) is 81.4 Å². The molecule has 39 heavy (non-hydrogen) atoms. The molecule has 4 aromatic rings. The van der Waals surface area contributed by atoms with Gasteiger partial charge in [-0.05, 0) is 85.0 Å². The van der Waals surface area contributed by atoms with E-state index in [0.717, 1.165) is 29.0 Å². The first-order chi connectivity index (χ1) is 18.5. The molecule has 2 aromatic carbocycles. The Morgan fingerprint density at radius 1 is 1.00 bits per heavy atom. The number of H-pyrrole nitrogens is 1. The number of aromatic amines is 1. The Balaban J connectivity index is 1.53. The molecule has 8 nitrogen and oxygen atoms in total. The lowest BCUT2D eigenvalue weighted by atomic mass is 10.00. The Morgan fingerprint density at radius 2 is 1.74 bits per heavy atom. The van der Waals surface area contributed by atoms with E-state index in [2.05, 4.69) is 38.4 Å². The Morgan fingerprint density at radius 3 is 2.41 bits per heavy atom. The van der Waals surface area contributed by atoms with E-state index in [1.54, 1.807) is 10.7 Å². The molecule has 0 bridgehead atoms. The van der Waals surface area contributed by atoms with Crippen LogP contribution in [0.25, 0.3) is 10.9 Å². The van der Waals surface area contributed by atoms with Crippen molar-refractivity contribution < 1.29 is 13.2 Å². The number of anilines is 1. The normalized spacial score (nSPS) is 16.1. The van der Waals surface area contributed by atoms with Gasteiger partial charge in [0.25, 0.3) is 5.56 Å². The number of piperazine rings is 1. The van der Waals surface area contributed by atoms with E-state index in [4.69, 9.17) is 0 Å². The number of hydrogen-bond acceptors (Lipinski definition) is 6. The molecule has 0 saturated carbocycles. The maximum absolute atomic E-state index is 13.5. The lowest BCUT2D eigenvalue weighted by Gasteiger charge is -2.40. The number of rotatable bonds is 5. The lowest BCUT2D eigenvalue weighted by molar-refractivity contribution is -0.137. The van der Waals surface area contributed by atoms with E-state index in [-0.39, 0.29) is 5.56 Å². The minimum absolute atomic E-state index is 0.222. The molecule has 1 fully saturated rings. The van der Waals surface area contributed by atoms with E-state index in [0.29, 0.717) is 43.3 Å². The van der Waals surface area contributed by atoms with E-state index >= 15 is 0 Å². The maximum atomic E-state index is 13.5. The van der Waals surface area contributed by atoms with Gasteiger partial charge in [0.05, 0.1) is 11.1 Å². The highest BCUT2D eigenvalue weighted by molar-refractivity contribution is 5.80. The second-order valence-corrected chi connectivity index (χ2v) is 10.9. The molecule has 206 valence electrons. The molecule has 0 aliphatic carbocycles. The van der Waals surface area contributed by atoms with Crippen molar-refractivity contribution in [2.75, 3.05) is 31.1 Å². The van der Waals surface area contributed by atoms with Gasteiger partial charge in [-0.2, -0.15) is 13.2 Å². The van der Waals surface area contributed by atoms with Crippen LogP contribution < -0.4 is 10.5 Å². The van der Waals surface area contributed by atoms with Crippen molar-refractivity contribution in [2.24, 2.45) is 0 Å². The molecule has 1 aliphatic heterocycles. The molecule has 1 atom stereocenters. The number of tetrazole rings is 1. The largest absolute Gasteiger partial charge is 0.416 e. The zero-order chi connectivity index (χ0) is 27.9. The highest BCUT2D eigenvalue weighted by Crippen LogP contribution is 2.34. The molecule has 11 heteroatoms. The third-order valence-corrected chi connectivity index (χ3v) is 7.23. The van der Waals surface area contributed by atoms with Crippen LogP contribution in [-0.2, 0) is 18.1 Å². The summed E-state index contributed by atoms with van der Waals surface area (Å²) in [7, 11) is 0. The van der Waals surface area contributed by atoms with Crippen LogP contribution in [0.3, 0.4) is 0 Å². The number of nitrogens with one attached hydrogen (secondary N) is 1. The van der Waals surface area contributed by atoms with Crippen LogP contribution in [0.15, 0.2) is 53.3 Å². The number of nitrogens with zero attached hydrogens (tertiary/aromatic N) is 6. The monoisotopic (exact) mass is 539 g/mol. The number of aryl methyl sites for hydroxylation is 1. The topological polar surface area (TPSA) is 82.9 Å². The zero-order valence-electron chi connectivity index (χ0n) is 22.5. The van der Waals surface area contributed by atoms with Gasteiger partial charge in [-0.3, -0.25) is 9.69 Å². The third kappa shape index (κ3) is 5.40. The highest BCUT2D eigenvalue weighted by atomic mass is 19.4. The van der Waals surface area contributed by atoms with E-state index in [9.17, 15) is 18.0 Å². The second-order valence-electron chi connectivity index (χ2n) is 10.9. The average molecular weight is 540 g/mol. The van der Waals surface area contributed by atoms with Crippen molar-refractivity contribution in [1.29, 1.82) is 0 Å². The van der Waals surface area contributed by atoms with Crippen LogP contribution in [0.5, 0.6) is 0 Å². The molecule has 0 amide bonds. The molecule has 2 aromatic heterocycles. The first-order valence-corrected chi connectivity index (χ1v) is 13.1. The predicted molar refractivity (Wildman–Crippen MR) is 144 cm³/mol. The number of benzene rings is 2. The Hall–Kier alpha value is -3.73. The van der Waals surface area contributed by atoms with Gasteiger partial charge >= 0.3 is 6.18 Å². The average Bonchev–Trinajstić information content (AvgIpc) is 3.39. The molecule has 1 unspecified atom stereocenters. The molecular weight excluding hydrogens is 507 g/mol. The number of alkyl halides is 3. The van der Waals surface area contributed by atoms with Crippen LogP contribution in [0.1, 0.15) is 56.3 Å². The van der Waals surface area contributed by atoms with Crippen LogP contribution in [0, 0.1) is 0 Å². The van der Waals surface area contributed by atoms with Crippen molar-refractivity contribution in [2.45, 2.75) is 51.9 Å². The zero-order valence-corrected chi connectivity index (χ0v) is 22.5. The van der Waals surface area contributed by atoms with Crippen LogP contribution in [0.4, 0.5) is 18.9 Å². The van der Waals surface area contributed by atoms with Crippen molar-refractivity contribution in [1.82, 2.24) is 30.1 Å². The summed E-state index contributed by atoms with van der Waals surface area (Å²) >= 11 is 0. The summed E-state index contributed by atoms with van der Waals surface area (Å²) < 4.78 is 41.6. The molecule has 1 aliphatic rings. The quantitative estimate of drug-likeness (QED) is 0.394. The number of halogens is 3. The molecule has 0 spiro atoms. The van der Waals surface area contributed by atoms with E-state index in [1.807, 2.05) is 43.9 Å². The van der Waals surface area contributed by atoms with Crippen LogP contribution in [0.2, 0.25) is 0 Å². The van der Waals surface area contributed by atoms with E-state index in [1.165, 1.54) is 12.1 Å². The van der Waals surface area contributed by atoms with E-state index < -0.39 is 23.3 Å². The third-order valence-electron chi connectivity index (χ3n) is 7.23. The Bertz CT molecular complexity index is 1530. The van der Waals surface area contributed by atoms with Crippen LogP contribution >= 0.6 is 0 Å². The summed E-state index contributed by atoms with van der Waals surface area (Å²) in [6.45, 7) is 10.0. The summed E-state index contributed by atoms with van der Waals surface area (Å²) in [5.41, 5.74) is 1.64. The second kappa shape index (κ2) is 10.1. The summed E-state index contributed by atoms with van der Waals surface area (Å²) in [5.74, 6) is 0.548. The number of fused-ring (bicyclic) bond motifs is 1. The summed E-state index contributed by atoms with van der Waals surface area (Å²) in [5, 5.41) is 13.5. The fourth-order valence-corrected chi connectivity index (χ4v) is 5.15. The van der Waals surface area contributed by atoms with Gasteiger partial charge in [-0.25, -0.2) is 4.68 Å².